The first kappa shape index (κ1) is 25.0. The summed E-state index contributed by atoms with van der Waals surface area (Å²) in [6.07, 6.45) is 10.8. The summed E-state index contributed by atoms with van der Waals surface area (Å²) >= 11 is 0. The van der Waals surface area contributed by atoms with Gasteiger partial charge in [0.25, 0.3) is 0 Å². The van der Waals surface area contributed by atoms with Crippen LogP contribution in [0.5, 0.6) is 5.75 Å². The molecule has 3 rings (SSSR count). The first-order valence-electron chi connectivity index (χ1n) is 12.3. The number of aliphatic carboxylic acids is 1. The van der Waals surface area contributed by atoms with Crippen LogP contribution in [-0.4, -0.2) is 48.4 Å². The van der Waals surface area contributed by atoms with Crippen LogP contribution in [0.25, 0.3) is 0 Å². The Bertz CT molecular complexity index is 877. The summed E-state index contributed by atoms with van der Waals surface area (Å²) in [6.45, 7) is 8.74. The standard InChI is InChI=1S/C27H39N3O3/c1-4-22(29-26-20(2)11-10-17-28-26)13-7-5-6-12-21-16-18-30(19-21)25(27(31)32)23-14-8-9-15-24(23)33-3/h4,8-9,14-15,21,25,28H,1,5-7,10-13,16-19H2,2-3H3,(H,31,32)/t21-,25?/m1/s1. The molecular weight excluding hydrogens is 414 g/mol. The number of ether oxygens (including phenoxy) is 1. The smallest absolute Gasteiger partial charge is 0.325 e. The van der Waals surface area contributed by atoms with Crippen LogP contribution in [0.15, 0.2) is 53.3 Å². The van der Waals surface area contributed by atoms with Gasteiger partial charge in [-0.2, -0.15) is 0 Å². The number of rotatable bonds is 12. The zero-order chi connectivity index (χ0) is 23.6. The van der Waals surface area contributed by atoms with Gasteiger partial charge in [0.1, 0.15) is 17.6 Å². The second-order valence-corrected chi connectivity index (χ2v) is 9.20. The minimum Gasteiger partial charge on any atom is -0.496 e. The van der Waals surface area contributed by atoms with Crippen LogP contribution in [0.1, 0.15) is 69.9 Å². The Balaban J connectivity index is 1.45. The maximum Gasteiger partial charge on any atom is 0.325 e. The second-order valence-electron chi connectivity index (χ2n) is 9.20. The van der Waals surface area contributed by atoms with Crippen LogP contribution < -0.4 is 10.1 Å². The summed E-state index contributed by atoms with van der Waals surface area (Å²) in [5, 5.41) is 13.3. The fourth-order valence-corrected chi connectivity index (χ4v) is 4.94. The molecular formula is C27H39N3O3. The SMILES string of the molecule is C=CC(CCCCC[C@@H]1CCN(C(C(=O)O)c2ccccc2OC)C1)=NC1=C(C)CCCN1. The van der Waals surface area contributed by atoms with Gasteiger partial charge in [-0.15, -0.1) is 0 Å². The van der Waals surface area contributed by atoms with Crippen molar-refractivity contribution in [1.82, 2.24) is 10.2 Å². The van der Waals surface area contributed by atoms with Gasteiger partial charge < -0.3 is 15.2 Å². The molecule has 2 aliphatic heterocycles. The number of allylic oxidation sites excluding steroid dienone is 2. The molecule has 0 bridgehead atoms. The number of hydrogen-bond acceptors (Lipinski definition) is 5. The number of nitrogens with zero attached hydrogens (tertiary/aromatic N) is 2. The van der Waals surface area contributed by atoms with E-state index in [4.69, 9.17) is 9.73 Å². The average Bonchev–Trinajstić information content (AvgIpc) is 3.27. The van der Waals surface area contributed by atoms with Crippen LogP contribution in [-0.2, 0) is 4.79 Å². The summed E-state index contributed by atoms with van der Waals surface area (Å²) in [6, 6.07) is 6.81. The lowest BCUT2D eigenvalue weighted by Gasteiger charge is -2.26. The van der Waals surface area contributed by atoms with Crippen LogP contribution >= 0.6 is 0 Å². The quantitative estimate of drug-likeness (QED) is 0.330. The van der Waals surface area contributed by atoms with Gasteiger partial charge >= 0.3 is 5.97 Å². The first-order chi connectivity index (χ1) is 16.0. The number of methoxy groups -OCH3 is 1. The summed E-state index contributed by atoms with van der Waals surface area (Å²) in [5.41, 5.74) is 3.13. The average molecular weight is 454 g/mol. The van der Waals surface area contributed by atoms with Crippen LogP contribution in [0, 0.1) is 5.92 Å². The molecule has 2 atom stereocenters. The third kappa shape index (κ3) is 6.94. The van der Waals surface area contributed by atoms with E-state index >= 15 is 0 Å². The molecule has 0 radical (unpaired) electrons. The molecule has 33 heavy (non-hydrogen) atoms. The van der Waals surface area contributed by atoms with Crippen molar-refractivity contribution >= 4 is 11.7 Å². The van der Waals surface area contributed by atoms with Gasteiger partial charge in [0.2, 0.25) is 0 Å². The van der Waals surface area contributed by atoms with E-state index in [1.54, 1.807) is 7.11 Å². The number of hydrogen-bond donors (Lipinski definition) is 2. The van der Waals surface area contributed by atoms with E-state index in [-0.39, 0.29) is 0 Å². The lowest BCUT2D eigenvalue weighted by Crippen LogP contribution is -2.32. The van der Waals surface area contributed by atoms with Gasteiger partial charge in [0.05, 0.1) is 7.11 Å². The minimum atomic E-state index is -0.811. The fraction of sp³-hybridized carbons (Fsp3) is 0.556. The largest absolute Gasteiger partial charge is 0.496 e. The number of benzene rings is 1. The molecule has 6 heteroatoms. The number of carboxylic acids is 1. The van der Waals surface area contributed by atoms with E-state index in [1.165, 1.54) is 12.0 Å². The zero-order valence-corrected chi connectivity index (χ0v) is 20.2. The summed E-state index contributed by atoms with van der Waals surface area (Å²) in [7, 11) is 1.59. The highest BCUT2D eigenvalue weighted by molar-refractivity contribution is 5.95. The number of unbranched alkanes of at least 4 members (excludes halogenated alkanes) is 2. The van der Waals surface area contributed by atoms with E-state index < -0.39 is 12.0 Å². The number of carbonyl (C=O) groups is 1. The van der Waals surface area contributed by atoms with Crippen molar-refractivity contribution in [3.05, 3.63) is 53.9 Å². The maximum absolute atomic E-state index is 12.1. The Kier molecular flexibility index (Phi) is 9.55. The molecule has 0 saturated carbocycles. The predicted octanol–water partition coefficient (Wildman–Crippen LogP) is 5.34. The van der Waals surface area contributed by atoms with Gasteiger partial charge in [-0.3, -0.25) is 9.69 Å². The molecule has 1 fully saturated rings. The predicted molar refractivity (Wildman–Crippen MR) is 134 cm³/mol. The fourth-order valence-electron chi connectivity index (χ4n) is 4.94. The maximum atomic E-state index is 12.1. The number of nitrogens with one attached hydrogen (secondary N) is 1. The highest BCUT2D eigenvalue weighted by Crippen LogP contribution is 2.34. The highest BCUT2D eigenvalue weighted by atomic mass is 16.5. The molecule has 2 aliphatic rings. The van der Waals surface area contributed by atoms with Crippen molar-refractivity contribution in [3.63, 3.8) is 0 Å². The lowest BCUT2D eigenvalue weighted by molar-refractivity contribution is -0.143. The summed E-state index contributed by atoms with van der Waals surface area (Å²) in [4.78, 5) is 19.0. The molecule has 0 amide bonds. The molecule has 0 aliphatic carbocycles. The summed E-state index contributed by atoms with van der Waals surface area (Å²) < 4.78 is 5.42. The van der Waals surface area contributed by atoms with E-state index in [1.807, 2.05) is 30.3 Å². The van der Waals surface area contributed by atoms with Gasteiger partial charge in [-0.05, 0) is 75.6 Å². The van der Waals surface area contributed by atoms with Crippen molar-refractivity contribution < 1.29 is 14.6 Å². The van der Waals surface area contributed by atoms with Crippen molar-refractivity contribution in [1.29, 1.82) is 0 Å². The minimum absolute atomic E-state index is 0.549. The van der Waals surface area contributed by atoms with Crippen molar-refractivity contribution in [2.45, 2.75) is 64.3 Å². The molecule has 1 unspecified atom stereocenters. The van der Waals surface area contributed by atoms with Gasteiger partial charge in [0.15, 0.2) is 0 Å². The van der Waals surface area contributed by atoms with Crippen LogP contribution in [0.4, 0.5) is 0 Å². The van der Waals surface area contributed by atoms with Gasteiger partial charge in [0, 0.05) is 24.4 Å². The molecule has 2 heterocycles. The van der Waals surface area contributed by atoms with E-state index in [0.29, 0.717) is 11.7 Å². The Morgan fingerprint density at radius 3 is 2.91 bits per heavy atom. The van der Waals surface area contributed by atoms with Crippen molar-refractivity contribution in [3.8, 4) is 5.75 Å². The molecule has 1 aromatic rings. The van der Waals surface area contributed by atoms with Crippen LogP contribution in [0.3, 0.4) is 0 Å². The first-order valence-corrected chi connectivity index (χ1v) is 12.3. The summed E-state index contributed by atoms with van der Waals surface area (Å²) in [5.74, 6) is 1.41. The Labute approximate surface area is 198 Å². The topological polar surface area (TPSA) is 74.2 Å². The molecule has 180 valence electrons. The molecule has 0 spiro atoms. The Hall–Kier alpha value is -2.60. The normalized spacial score (nSPS) is 20.4. The number of carboxylic acid groups (broad SMARTS) is 1. The van der Waals surface area contributed by atoms with E-state index in [9.17, 15) is 9.90 Å². The monoisotopic (exact) mass is 453 g/mol. The van der Waals surface area contributed by atoms with Crippen molar-refractivity contribution in [2.24, 2.45) is 10.9 Å². The zero-order valence-electron chi connectivity index (χ0n) is 20.2. The molecule has 1 aromatic carbocycles. The van der Waals surface area contributed by atoms with Gasteiger partial charge in [-0.25, -0.2) is 4.99 Å². The number of para-hydroxylation sites is 1. The van der Waals surface area contributed by atoms with Crippen LogP contribution in [0.2, 0.25) is 0 Å². The van der Waals surface area contributed by atoms with Gasteiger partial charge in [-0.1, -0.05) is 37.6 Å². The number of likely N-dealkylation sites (tertiary alicyclic amines) is 1. The highest BCUT2D eigenvalue weighted by Gasteiger charge is 2.34. The third-order valence-electron chi connectivity index (χ3n) is 6.81. The second kappa shape index (κ2) is 12.6. The number of aliphatic imine (C=N–C) groups is 1. The molecule has 0 aromatic heterocycles. The van der Waals surface area contributed by atoms with E-state index in [2.05, 4.69) is 23.7 Å². The third-order valence-corrected chi connectivity index (χ3v) is 6.81. The molecule has 1 saturated heterocycles. The Morgan fingerprint density at radius 2 is 2.18 bits per heavy atom. The Morgan fingerprint density at radius 1 is 1.36 bits per heavy atom. The van der Waals surface area contributed by atoms with Crippen molar-refractivity contribution in [2.75, 3.05) is 26.7 Å². The van der Waals surface area contributed by atoms with E-state index in [0.717, 1.165) is 81.7 Å². The lowest BCUT2D eigenvalue weighted by atomic mass is 9.99. The molecule has 2 N–H and O–H groups in total. The molecule has 6 nitrogen and oxygen atoms in total.